The third kappa shape index (κ3) is 3.31. The van der Waals surface area contributed by atoms with Crippen LogP contribution in [0.4, 0.5) is 4.39 Å². The van der Waals surface area contributed by atoms with E-state index in [1.807, 2.05) is 30.3 Å². The molecule has 0 unspecified atom stereocenters. The maximum Gasteiger partial charge on any atom is 0.123 e. The minimum atomic E-state index is -0.215. The molecule has 0 atom stereocenters. The first kappa shape index (κ1) is 17.3. The largest absolute Gasteiger partial charge is 0.338 e. The molecule has 1 nitrogen and oxygen atoms in total. The maximum absolute atomic E-state index is 13.5. The number of fused-ring (bicyclic) bond motifs is 1. The molecule has 0 fully saturated rings. The highest BCUT2D eigenvalue weighted by atomic mass is 19.1. The molecular weight excluding hydrogens is 333 g/mol. The summed E-state index contributed by atoms with van der Waals surface area (Å²) in [6, 6.07) is 25.8. The smallest absolute Gasteiger partial charge is 0.123 e. The summed E-state index contributed by atoms with van der Waals surface area (Å²) in [6.07, 6.45) is 4.31. The van der Waals surface area contributed by atoms with E-state index in [0.29, 0.717) is 6.04 Å². The van der Waals surface area contributed by atoms with Crippen LogP contribution in [0.15, 0.2) is 78.9 Å². The van der Waals surface area contributed by atoms with E-state index in [-0.39, 0.29) is 5.82 Å². The summed E-state index contributed by atoms with van der Waals surface area (Å²) in [7, 11) is 0. The predicted octanol–water partition coefficient (Wildman–Crippen LogP) is 7.20. The first-order valence-corrected chi connectivity index (χ1v) is 9.27. The van der Waals surface area contributed by atoms with Crippen molar-refractivity contribution in [3.8, 4) is 11.1 Å². The molecule has 1 aromatic heterocycles. The molecule has 0 aliphatic rings. The molecule has 0 saturated heterocycles. The second kappa shape index (κ2) is 7.24. The number of hydrogen-bond donors (Lipinski definition) is 0. The molecule has 27 heavy (non-hydrogen) atoms. The standard InChI is InChI=1S/C25H22FN/c1-18(2)27-23-11-7-6-10-22(23)25(20-13-15-21(26)16-14-20)24(27)17-12-19-8-4-3-5-9-19/h3-18H,1-2H3/b17-12+. The number of aromatic nitrogens is 1. The SMILES string of the molecule is CC(C)n1c(/C=C/c2ccccc2)c(-c2ccc(F)cc2)c2ccccc21. The third-order valence-corrected chi connectivity index (χ3v) is 4.83. The molecule has 0 N–H and O–H groups in total. The Morgan fingerprint density at radius 2 is 1.44 bits per heavy atom. The Labute approximate surface area is 159 Å². The monoisotopic (exact) mass is 355 g/mol. The average Bonchev–Trinajstić information content (AvgIpc) is 3.02. The third-order valence-electron chi connectivity index (χ3n) is 4.83. The summed E-state index contributed by atoms with van der Waals surface area (Å²) < 4.78 is 15.9. The van der Waals surface area contributed by atoms with E-state index >= 15 is 0 Å². The molecule has 0 aliphatic heterocycles. The first-order chi connectivity index (χ1) is 13.1. The van der Waals surface area contributed by atoms with Crippen molar-refractivity contribution >= 4 is 23.1 Å². The number of hydrogen-bond acceptors (Lipinski definition) is 0. The topological polar surface area (TPSA) is 4.93 Å². The van der Waals surface area contributed by atoms with E-state index in [0.717, 1.165) is 22.4 Å². The summed E-state index contributed by atoms with van der Waals surface area (Å²) in [6.45, 7) is 4.39. The van der Waals surface area contributed by atoms with Gasteiger partial charge in [0.05, 0.1) is 0 Å². The summed E-state index contributed by atoms with van der Waals surface area (Å²) in [5.41, 5.74) is 5.66. The second-order valence-electron chi connectivity index (χ2n) is 6.99. The van der Waals surface area contributed by atoms with Crippen LogP contribution >= 0.6 is 0 Å². The van der Waals surface area contributed by atoms with E-state index in [1.54, 1.807) is 0 Å². The van der Waals surface area contributed by atoms with Gasteiger partial charge >= 0.3 is 0 Å². The van der Waals surface area contributed by atoms with Crippen LogP contribution in [0.5, 0.6) is 0 Å². The molecule has 3 aromatic carbocycles. The number of para-hydroxylation sites is 1. The first-order valence-electron chi connectivity index (χ1n) is 9.27. The average molecular weight is 355 g/mol. The fraction of sp³-hybridized carbons (Fsp3) is 0.120. The molecule has 0 bridgehead atoms. The molecule has 0 amide bonds. The fourth-order valence-electron chi connectivity index (χ4n) is 3.66. The van der Waals surface area contributed by atoms with Gasteiger partial charge in [0, 0.05) is 28.2 Å². The lowest BCUT2D eigenvalue weighted by Gasteiger charge is -2.13. The van der Waals surface area contributed by atoms with E-state index in [9.17, 15) is 4.39 Å². The maximum atomic E-state index is 13.5. The van der Waals surface area contributed by atoms with Crippen LogP contribution in [0.3, 0.4) is 0 Å². The van der Waals surface area contributed by atoms with E-state index in [2.05, 4.69) is 67.0 Å². The highest BCUT2D eigenvalue weighted by Gasteiger charge is 2.18. The van der Waals surface area contributed by atoms with Gasteiger partial charge in [0.15, 0.2) is 0 Å². The van der Waals surface area contributed by atoms with Crippen LogP contribution < -0.4 is 0 Å². The number of halogens is 1. The zero-order valence-electron chi connectivity index (χ0n) is 15.6. The van der Waals surface area contributed by atoms with E-state index < -0.39 is 0 Å². The van der Waals surface area contributed by atoms with E-state index in [4.69, 9.17) is 0 Å². The Bertz CT molecular complexity index is 1090. The van der Waals surface area contributed by atoms with Crippen LogP contribution in [0.25, 0.3) is 34.2 Å². The normalized spacial score (nSPS) is 11.7. The second-order valence-corrected chi connectivity index (χ2v) is 6.99. The van der Waals surface area contributed by atoms with Crippen LogP contribution in [-0.2, 0) is 0 Å². The van der Waals surface area contributed by atoms with Gasteiger partial charge in [0.1, 0.15) is 5.82 Å². The quantitative estimate of drug-likeness (QED) is 0.365. The van der Waals surface area contributed by atoms with Crippen molar-refractivity contribution < 1.29 is 4.39 Å². The van der Waals surface area contributed by atoms with Gasteiger partial charge in [-0.25, -0.2) is 4.39 Å². The Morgan fingerprint density at radius 3 is 2.15 bits per heavy atom. The summed E-state index contributed by atoms with van der Waals surface area (Å²) in [5, 5.41) is 1.19. The van der Waals surface area contributed by atoms with Crippen molar-refractivity contribution in [2.45, 2.75) is 19.9 Å². The Morgan fingerprint density at radius 1 is 0.778 bits per heavy atom. The van der Waals surface area contributed by atoms with Crippen LogP contribution in [-0.4, -0.2) is 4.57 Å². The lowest BCUT2D eigenvalue weighted by Crippen LogP contribution is -2.02. The highest BCUT2D eigenvalue weighted by Crippen LogP contribution is 2.38. The molecule has 1 heterocycles. The Balaban J connectivity index is 1.99. The van der Waals surface area contributed by atoms with Crippen molar-refractivity contribution in [3.63, 3.8) is 0 Å². The van der Waals surface area contributed by atoms with Gasteiger partial charge < -0.3 is 4.57 Å². The molecule has 0 saturated carbocycles. The van der Waals surface area contributed by atoms with Gasteiger partial charge in [0.2, 0.25) is 0 Å². The van der Waals surface area contributed by atoms with E-state index in [1.165, 1.54) is 23.0 Å². The summed E-state index contributed by atoms with van der Waals surface area (Å²) in [4.78, 5) is 0. The lowest BCUT2D eigenvalue weighted by molar-refractivity contribution is 0.619. The zero-order chi connectivity index (χ0) is 18.8. The van der Waals surface area contributed by atoms with Crippen LogP contribution in [0.2, 0.25) is 0 Å². The minimum Gasteiger partial charge on any atom is -0.338 e. The molecule has 4 aromatic rings. The van der Waals surface area contributed by atoms with Gasteiger partial charge in [-0.2, -0.15) is 0 Å². The summed E-state index contributed by atoms with van der Waals surface area (Å²) >= 11 is 0. The molecule has 2 heteroatoms. The van der Waals surface area contributed by atoms with Gasteiger partial charge in [0.25, 0.3) is 0 Å². The Kier molecular flexibility index (Phi) is 4.64. The highest BCUT2D eigenvalue weighted by molar-refractivity contribution is 6.01. The predicted molar refractivity (Wildman–Crippen MR) is 113 cm³/mol. The van der Waals surface area contributed by atoms with Crippen molar-refractivity contribution in [1.82, 2.24) is 4.57 Å². The number of rotatable bonds is 4. The lowest BCUT2D eigenvalue weighted by atomic mass is 10.0. The molecule has 0 aliphatic carbocycles. The van der Waals surface area contributed by atoms with Crippen molar-refractivity contribution in [2.75, 3.05) is 0 Å². The summed E-state index contributed by atoms with van der Waals surface area (Å²) in [5.74, 6) is -0.215. The van der Waals surface area contributed by atoms with Crippen molar-refractivity contribution in [1.29, 1.82) is 0 Å². The van der Waals surface area contributed by atoms with Gasteiger partial charge in [-0.3, -0.25) is 0 Å². The van der Waals surface area contributed by atoms with Crippen molar-refractivity contribution in [2.24, 2.45) is 0 Å². The van der Waals surface area contributed by atoms with Gasteiger partial charge in [-0.1, -0.05) is 66.7 Å². The van der Waals surface area contributed by atoms with Crippen LogP contribution in [0, 0.1) is 5.82 Å². The minimum absolute atomic E-state index is 0.215. The zero-order valence-corrected chi connectivity index (χ0v) is 15.6. The van der Waals surface area contributed by atoms with Gasteiger partial charge in [-0.15, -0.1) is 0 Å². The van der Waals surface area contributed by atoms with Crippen molar-refractivity contribution in [3.05, 3.63) is 95.9 Å². The van der Waals surface area contributed by atoms with Gasteiger partial charge in [-0.05, 0) is 49.2 Å². The number of benzene rings is 3. The molecule has 0 spiro atoms. The number of nitrogens with zero attached hydrogens (tertiary/aromatic N) is 1. The fourth-order valence-corrected chi connectivity index (χ4v) is 3.66. The molecule has 134 valence electrons. The molecule has 4 rings (SSSR count). The molecular formula is C25H22FN. The van der Waals surface area contributed by atoms with Crippen LogP contribution in [0.1, 0.15) is 31.1 Å². The Hall–Kier alpha value is -3.13. The molecule has 0 radical (unpaired) electrons.